The monoisotopic (exact) mass is 478 g/mol. The maximum Gasteiger partial charge on any atom is 0.416 e. The van der Waals surface area contributed by atoms with E-state index in [1.54, 1.807) is 31.3 Å². The zero-order valence-electron chi connectivity index (χ0n) is 18.2. The Morgan fingerprint density at radius 3 is 2.59 bits per heavy atom. The molecule has 2 N–H and O–H groups in total. The SMILES string of the molecule is CO[C@@H](CNc1nccc(-c2cccc(-c3cc([C@]4(O)CCN(C)C4=O)on3)n2)n1)C(F)(F)F. The average molecular weight is 478 g/mol. The number of hydrogen-bond donors (Lipinski definition) is 2. The van der Waals surface area contributed by atoms with Gasteiger partial charge in [0.15, 0.2) is 11.9 Å². The lowest BCUT2D eigenvalue weighted by Crippen LogP contribution is -2.37. The maximum absolute atomic E-state index is 12.9. The molecule has 1 amide bonds. The van der Waals surface area contributed by atoms with Crippen molar-refractivity contribution in [3.63, 3.8) is 0 Å². The molecule has 0 aromatic carbocycles. The number of rotatable bonds is 7. The van der Waals surface area contributed by atoms with Crippen molar-refractivity contribution in [1.29, 1.82) is 0 Å². The molecule has 10 nitrogen and oxygen atoms in total. The van der Waals surface area contributed by atoms with Crippen LogP contribution in [0.15, 0.2) is 41.1 Å². The van der Waals surface area contributed by atoms with Gasteiger partial charge in [-0.1, -0.05) is 11.2 Å². The van der Waals surface area contributed by atoms with E-state index in [0.29, 0.717) is 29.3 Å². The topological polar surface area (TPSA) is 126 Å². The molecule has 4 heterocycles. The molecule has 0 aliphatic carbocycles. The molecular weight excluding hydrogens is 457 g/mol. The summed E-state index contributed by atoms with van der Waals surface area (Å²) in [7, 11) is 2.56. The number of likely N-dealkylation sites (N-methyl/N-ethyl adjacent to an activating group) is 1. The van der Waals surface area contributed by atoms with Crippen LogP contribution in [-0.2, 0) is 15.1 Å². The number of carbonyl (C=O) groups is 1. The molecule has 1 aliphatic heterocycles. The molecule has 34 heavy (non-hydrogen) atoms. The third kappa shape index (κ3) is 4.56. The number of pyridine rings is 1. The quantitative estimate of drug-likeness (QED) is 0.526. The summed E-state index contributed by atoms with van der Waals surface area (Å²) >= 11 is 0. The Balaban J connectivity index is 1.54. The van der Waals surface area contributed by atoms with Gasteiger partial charge in [0.2, 0.25) is 11.5 Å². The highest BCUT2D eigenvalue weighted by molar-refractivity contribution is 5.87. The molecule has 1 aliphatic rings. The Morgan fingerprint density at radius 2 is 1.94 bits per heavy atom. The molecular formula is C21H21F3N6O4. The van der Waals surface area contributed by atoms with E-state index >= 15 is 0 Å². The Hall–Kier alpha value is -3.58. The number of alkyl halides is 3. The van der Waals surface area contributed by atoms with Crippen LogP contribution in [0.5, 0.6) is 0 Å². The zero-order valence-corrected chi connectivity index (χ0v) is 18.2. The molecule has 0 bridgehead atoms. The lowest BCUT2D eigenvalue weighted by Gasteiger charge is -2.19. The van der Waals surface area contributed by atoms with Crippen molar-refractivity contribution in [3.8, 4) is 22.8 Å². The van der Waals surface area contributed by atoms with E-state index in [1.165, 1.54) is 17.2 Å². The molecule has 1 saturated heterocycles. The van der Waals surface area contributed by atoms with Crippen molar-refractivity contribution in [3.05, 3.63) is 42.3 Å². The molecule has 0 unspecified atom stereocenters. The number of carbonyl (C=O) groups excluding carboxylic acids is 1. The molecule has 2 atom stereocenters. The van der Waals surface area contributed by atoms with Crippen LogP contribution >= 0.6 is 0 Å². The van der Waals surface area contributed by atoms with E-state index in [-0.39, 0.29) is 18.1 Å². The van der Waals surface area contributed by atoms with Crippen LogP contribution in [-0.4, -0.2) is 75.5 Å². The summed E-state index contributed by atoms with van der Waals surface area (Å²) in [4.78, 5) is 26.3. The second-order valence-electron chi connectivity index (χ2n) is 7.73. The van der Waals surface area contributed by atoms with Crippen LogP contribution in [0.25, 0.3) is 22.8 Å². The molecule has 1 fully saturated rings. The van der Waals surface area contributed by atoms with Crippen LogP contribution in [0.3, 0.4) is 0 Å². The summed E-state index contributed by atoms with van der Waals surface area (Å²) in [5.41, 5.74) is -0.327. The Bertz CT molecular complexity index is 1190. The average Bonchev–Trinajstić information content (AvgIpc) is 3.41. The van der Waals surface area contributed by atoms with E-state index < -0.39 is 30.3 Å². The minimum Gasteiger partial charge on any atom is -0.373 e. The number of nitrogens with one attached hydrogen (secondary N) is 1. The summed E-state index contributed by atoms with van der Waals surface area (Å²) in [6.07, 6.45) is -4.97. The Morgan fingerprint density at radius 1 is 1.24 bits per heavy atom. The van der Waals surface area contributed by atoms with E-state index in [1.807, 2.05) is 0 Å². The molecule has 4 rings (SSSR count). The standard InChI is InChI=1S/C21H21F3N6O4/c1-30-9-7-20(32,18(30)31)16-10-15(29-34-16)13-5-3-4-12(27-13)14-6-8-25-19(28-14)26-11-17(33-2)21(22,23)24/h3-6,8,10,17,32H,7,9,11H2,1-2H3,(H,25,26,28)/t17-,20+/m0/s1. The first-order valence-corrected chi connectivity index (χ1v) is 10.2. The first kappa shape index (κ1) is 23.6. The van der Waals surface area contributed by atoms with Gasteiger partial charge in [-0.2, -0.15) is 13.2 Å². The van der Waals surface area contributed by atoms with Crippen LogP contribution in [0, 0.1) is 0 Å². The number of amides is 1. The zero-order chi connectivity index (χ0) is 24.5. The number of likely N-dealkylation sites (tertiary alicyclic amines) is 1. The van der Waals surface area contributed by atoms with Crippen LogP contribution < -0.4 is 5.32 Å². The number of hydrogen-bond acceptors (Lipinski definition) is 9. The van der Waals surface area contributed by atoms with Gasteiger partial charge in [0.1, 0.15) is 5.69 Å². The van der Waals surface area contributed by atoms with Gasteiger partial charge >= 0.3 is 6.18 Å². The Kier molecular flexibility index (Phi) is 6.23. The lowest BCUT2D eigenvalue weighted by atomic mass is 9.98. The van der Waals surface area contributed by atoms with E-state index in [4.69, 9.17) is 4.52 Å². The molecule has 0 radical (unpaired) electrons. The fraction of sp³-hybridized carbons (Fsp3) is 0.381. The largest absolute Gasteiger partial charge is 0.416 e. The maximum atomic E-state index is 12.9. The Labute approximate surface area is 191 Å². The van der Waals surface area contributed by atoms with Crippen LogP contribution in [0.4, 0.5) is 19.1 Å². The number of aliphatic hydroxyl groups is 1. The first-order chi connectivity index (χ1) is 16.1. The molecule has 13 heteroatoms. The van der Waals surface area contributed by atoms with Gasteiger partial charge in [0.05, 0.1) is 23.6 Å². The van der Waals surface area contributed by atoms with Gasteiger partial charge < -0.3 is 24.6 Å². The fourth-order valence-corrected chi connectivity index (χ4v) is 3.50. The second kappa shape index (κ2) is 8.99. The van der Waals surface area contributed by atoms with Crippen LogP contribution in [0.2, 0.25) is 0 Å². The van der Waals surface area contributed by atoms with Crippen molar-refractivity contribution in [2.24, 2.45) is 0 Å². The second-order valence-corrected chi connectivity index (χ2v) is 7.73. The number of methoxy groups -OCH3 is 1. The summed E-state index contributed by atoms with van der Waals surface area (Å²) in [6.45, 7) is -0.174. The predicted molar refractivity (Wildman–Crippen MR) is 112 cm³/mol. The minimum atomic E-state index is -4.53. The van der Waals surface area contributed by atoms with Crippen molar-refractivity contribution in [2.45, 2.75) is 24.3 Å². The lowest BCUT2D eigenvalue weighted by molar-refractivity contribution is -0.207. The molecule has 3 aromatic heterocycles. The first-order valence-electron chi connectivity index (χ1n) is 10.2. The highest BCUT2D eigenvalue weighted by atomic mass is 19.4. The summed E-state index contributed by atoms with van der Waals surface area (Å²) in [6, 6.07) is 8.02. The van der Waals surface area contributed by atoms with E-state index in [2.05, 4.69) is 30.2 Å². The number of aromatic nitrogens is 4. The molecule has 180 valence electrons. The molecule has 0 spiro atoms. The summed E-state index contributed by atoms with van der Waals surface area (Å²) in [5, 5.41) is 17.2. The van der Waals surface area contributed by atoms with Gasteiger partial charge in [-0.25, -0.2) is 15.0 Å². The third-order valence-electron chi connectivity index (χ3n) is 5.45. The smallest absolute Gasteiger partial charge is 0.373 e. The van der Waals surface area contributed by atoms with Crippen molar-refractivity contribution >= 4 is 11.9 Å². The third-order valence-corrected chi connectivity index (χ3v) is 5.45. The van der Waals surface area contributed by atoms with Gasteiger partial charge in [0.25, 0.3) is 5.91 Å². The van der Waals surface area contributed by atoms with Crippen LogP contribution in [0.1, 0.15) is 12.2 Å². The van der Waals surface area contributed by atoms with Gasteiger partial charge in [-0.3, -0.25) is 4.79 Å². The number of ether oxygens (including phenoxy) is 1. The summed E-state index contributed by atoms with van der Waals surface area (Å²) < 4.78 is 48.3. The predicted octanol–water partition coefficient (Wildman–Crippen LogP) is 2.23. The van der Waals surface area contributed by atoms with E-state index in [0.717, 1.165) is 7.11 Å². The van der Waals surface area contributed by atoms with Gasteiger partial charge in [0, 0.05) is 39.4 Å². The van der Waals surface area contributed by atoms with E-state index in [9.17, 15) is 23.1 Å². The minimum absolute atomic E-state index is 0.0224. The molecule has 0 saturated carbocycles. The van der Waals surface area contributed by atoms with Gasteiger partial charge in [-0.05, 0) is 18.2 Å². The highest BCUT2D eigenvalue weighted by Gasteiger charge is 2.48. The number of halogens is 3. The van der Waals surface area contributed by atoms with Crippen molar-refractivity contribution < 1.29 is 32.3 Å². The number of anilines is 1. The normalized spacial score (nSPS) is 19.5. The fourth-order valence-electron chi connectivity index (χ4n) is 3.50. The summed E-state index contributed by atoms with van der Waals surface area (Å²) in [5.74, 6) is -0.472. The number of nitrogens with zero attached hydrogens (tertiary/aromatic N) is 5. The highest BCUT2D eigenvalue weighted by Crippen LogP contribution is 2.34. The van der Waals surface area contributed by atoms with Gasteiger partial charge in [-0.15, -0.1) is 0 Å². The van der Waals surface area contributed by atoms with Crippen molar-refractivity contribution in [2.75, 3.05) is 32.6 Å². The van der Waals surface area contributed by atoms with Crippen molar-refractivity contribution in [1.82, 2.24) is 25.0 Å². The molecule has 3 aromatic rings.